The Hall–Kier alpha value is -2.86. The number of likely N-dealkylation sites (tertiary alicyclic amines) is 1. The van der Waals surface area contributed by atoms with Gasteiger partial charge in [-0.1, -0.05) is 48.5 Å². The number of carbonyl (C=O) groups is 2. The number of hydrogen-bond acceptors (Lipinski definition) is 4. The molecule has 3 N–H and O–H groups in total. The third kappa shape index (κ3) is 5.15. The van der Waals surface area contributed by atoms with Crippen LogP contribution in [0.1, 0.15) is 43.4 Å². The first-order valence-corrected chi connectivity index (χ1v) is 10.1. The molecule has 1 heterocycles. The first-order valence-electron chi connectivity index (χ1n) is 10.1. The van der Waals surface area contributed by atoms with Crippen LogP contribution in [0.5, 0.6) is 5.75 Å². The molecule has 3 atom stereocenters. The Morgan fingerprint density at radius 3 is 2.52 bits per heavy atom. The quantitative estimate of drug-likeness (QED) is 0.755. The molecule has 1 fully saturated rings. The van der Waals surface area contributed by atoms with Crippen LogP contribution in [-0.4, -0.2) is 42.5 Å². The Morgan fingerprint density at radius 1 is 1.14 bits per heavy atom. The first-order chi connectivity index (χ1) is 14.0. The van der Waals surface area contributed by atoms with Gasteiger partial charge in [0.2, 0.25) is 11.8 Å². The molecule has 0 bridgehead atoms. The van der Waals surface area contributed by atoms with Gasteiger partial charge in [0.15, 0.2) is 0 Å². The summed E-state index contributed by atoms with van der Waals surface area (Å²) in [6.45, 7) is 4.97. The molecule has 0 spiro atoms. The van der Waals surface area contributed by atoms with Crippen molar-refractivity contribution < 1.29 is 14.3 Å². The van der Waals surface area contributed by atoms with Crippen molar-refractivity contribution in [2.45, 2.75) is 38.3 Å². The molecule has 2 aromatic rings. The second kappa shape index (κ2) is 9.56. The van der Waals surface area contributed by atoms with Crippen LogP contribution in [0.4, 0.5) is 0 Å². The van der Waals surface area contributed by atoms with E-state index < -0.39 is 6.04 Å². The third-order valence-corrected chi connectivity index (χ3v) is 5.30. The van der Waals surface area contributed by atoms with E-state index in [1.165, 1.54) is 6.92 Å². The molecule has 1 aliphatic heterocycles. The van der Waals surface area contributed by atoms with Crippen LogP contribution in [0.15, 0.2) is 54.6 Å². The van der Waals surface area contributed by atoms with Crippen molar-refractivity contribution in [2.75, 3.05) is 19.7 Å². The van der Waals surface area contributed by atoms with Crippen molar-refractivity contribution in [1.29, 1.82) is 0 Å². The maximum atomic E-state index is 13.1. The zero-order valence-electron chi connectivity index (χ0n) is 17.0. The maximum Gasteiger partial charge on any atom is 0.225 e. The number of rotatable bonds is 7. The van der Waals surface area contributed by atoms with Crippen LogP contribution in [-0.2, 0) is 9.59 Å². The zero-order valence-corrected chi connectivity index (χ0v) is 17.0. The minimum atomic E-state index is -0.449. The normalized spacial score (nSPS) is 19.6. The van der Waals surface area contributed by atoms with E-state index in [0.717, 1.165) is 11.1 Å². The summed E-state index contributed by atoms with van der Waals surface area (Å²) in [5, 5.41) is 2.91. The highest BCUT2D eigenvalue weighted by Crippen LogP contribution is 2.31. The van der Waals surface area contributed by atoms with Crippen LogP contribution < -0.4 is 15.8 Å². The molecule has 1 unspecified atom stereocenters. The van der Waals surface area contributed by atoms with Crippen LogP contribution in [0.3, 0.4) is 0 Å². The summed E-state index contributed by atoms with van der Waals surface area (Å²) in [6.07, 6.45) is 0.165. The second-order valence-corrected chi connectivity index (χ2v) is 7.41. The average Bonchev–Trinajstić information content (AvgIpc) is 3.10. The number of hydrogen-bond donors (Lipinski definition) is 2. The summed E-state index contributed by atoms with van der Waals surface area (Å²) >= 11 is 0. The van der Waals surface area contributed by atoms with Gasteiger partial charge in [0.05, 0.1) is 19.1 Å². The summed E-state index contributed by atoms with van der Waals surface area (Å²) in [5.41, 5.74) is 8.30. The molecule has 0 saturated carbocycles. The lowest BCUT2D eigenvalue weighted by Gasteiger charge is -2.24. The van der Waals surface area contributed by atoms with Gasteiger partial charge < -0.3 is 20.7 Å². The molecule has 0 radical (unpaired) electrons. The monoisotopic (exact) mass is 395 g/mol. The van der Waals surface area contributed by atoms with Gasteiger partial charge in [-0.15, -0.1) is 0 Å². The van der Waals surface area contributed by atoms with Crippen molar-refractivity contribution in [1.82, 2.24) is 10.2 Å². The van der Waals surface area contributed by atoms with Crippen LogP contribution in [0.25, 0.3) is 0 Å². The predicted octanol–water partition coefficient (Wildman–Crippen LogP) is 2.61. The molecule has 3 rings (SSSR count). The van der Waals surface area contributed by atoms with E-state index in [-0.39, 0.29) is 30.2 Å². The molecule has 1 aliphatic rings. The summed E-state index contributed by atoms with van der Waals surface area (Å²) in [6, 6.07) is 17.0. The van der Waals surface area contributed by atoms with Crippen molar-refractivity contribution in [3.05, 3.63) is 65.7 Å². The molecule has 1 saturated heterocycles. The standard InChI is InChI=1S/C23H29N3O3/c1-3-29-22-12-8-7-11-18(22)21(25-16(2)27)13-23(28)26-14-19(20(24)15-26)17-9-5-4-6-10-17/h4-12,19-21H,3,13-15,24H2,1-2H3,(H,25,27)/t19-,20+,21?/m0/s1. The maximum absolute atomic E-state index is 13.1. The van der Waals surface area contributed by atoms with Crippen molar-refractivity contribution in [3.63, 3.8) is 0 Å². The first kappa shape index (κ1) is 20.9. The molecule has 0 aliphatic carbocycles. The van der Waals surface area contributed by atoms with Crippen LogP contribution in [0.2, 0.25) is 0 Å². The van der Waals surface area contributed by atoms with Crippen LogP contribution in [0, 0.1) is 0 Å². The van der Waals surface area contributed by atoms with Crippen molar-refractivity contribution in [3.8, 4) is 5.75 Å². The summed E-state index contributed by atoms with van der Waals surface area (Å²) in [7, 11) is 0. The predicted molar refractivity (Wildman–Crippen MR) is 113 cm³/mol. The fourth-order valence-corrected chi connectivity index (χ4v) is 3.93. The Balaban J connectivity index is 1.75. The van der Waals surface area contributed by atoms with E-state index in [1.807, 2.05) is 49.4 Å². The molecule has 6 heteroatoms. The molecule has 0 aromatic heterocycles. The molecule has 2 aromatic carbocycles. The largest absolute Gasteiger partial charge is 0.494 e. The highest BCUT2D eigenvalue weighted by Gasteiger charge is 2.35. The summed E-state index contributed by atoms with van der Waals surface area (Å²) < 4.78 is 5.70. The number of nitrogens with two attached hydrogens (primary N) is 1. The van der Waals surface area contributed by atoms with Gasteiger partial charge in [-0.05, 0) is 18.6 Å². The van der Waals surface area contributed by atoms with E-state index in [1.54, 1.807) is 4.90 Å². The SMILES string of the molecule is CCOc1ccccc1C(CC(=O)N1C[C@@H](N)[C@H](c2ccccc2)C1)NC(C)=O. The zero-order chi connectivity index (χ0) is 20.8. The fraction of sp³-hybridized carbons (Fsp3) is 0.391. The van der Waals surface area contributed by atoms with Gasteiger partial charge in [0, 0.05) is 37.5 Å². The number of amides is 2. The highest BCUT2D eigenvalue weighted by atomic mass is 16.5. The highest BCUT2D eigenvalue weighted by molar-refractivity contribution is 5.80. The molecule has 29 heavy (non-hydrogen) atoms. The second-order valence-electron chi connectivity index (χ2n) is 7.41. The van der Waals surface area contributed by atoms with E-state index in [0.29, 0.717) is 25.4 Å². The molecule has 2 amide bonds. The Kier molecular flexibility index (Phi) is 6.88. The molecule has 6 nitrogen and oxygen atoms in total. The van der Waals surface area contributed by atoms with Crippen molar-refractivity contribution in [2.24, 2.45) is 5.73 Å². The number of ether oxygens (including phenoxy) is 1. The smallest absolute Gasteiger partial charge is 0.225 e. The lowest BCUT2D eigenvalue weighted by Crippen LogP contribution is -2.36. The van der Waals surface area contributed by atoms with E-state index in [2.05, 4.69) is 17.4 Å². The molecule has 154 valence electrons. The number of para-hydroxylation sites is 1. The third-order valence-electron chi connectivity index (χ3n) is 5.30. The Bertz CT molecular complexity index is 840. The van der Waals surface area contributed by atoms with E-state index >= 15 is 0 Å². The Morgan fingerprint density at radius 2 is 1.83 bits per heavy atom. The fourth-order valence-electron chi connectivity index (χ4n) is 3.93. The van der Waals surface area contributed by atoms with Gasteiger partial charge >= 0.3 is 0 Å². The Labute approximate surface area is 172 Å². The van der Waals surface area contributed by atoms with Gasteiger partial charge in [-0.3, -0.25) is 9.59 Å². The topological polar surface area (TPSA) is 84.7 Å². The minimum Gasteiger partial charge on any atom is -0.494 e. The van der Waals surface area contributed by atoms with E-state index in [4.69, 9.17) is 10.5 Å². The lowest BCUT2D eigenvalue weighted by molar-refractivity contribution is -0.131. The number of nitrogens with zero attached hydrogens (tertiary/aromatic N) is 1. The lowest BCUT2D eigenvalue weighted by atomic mass is 9.95. The molecular formula is C23H29N3O3. The van der Waals surface area contributed by atoms with Gasteiger partial charge in [0.25, 0.3) is 0 Å². The van der Waals surface area contributed by atoms with Gasteiger partial charge in [-0.2, -0.15) is 0 Å². The van der Waals surface area contributed by atoms with Crippen LogP contribution >= 0.6 is 0 Å². The minimum absolute atomic E-state index is 0.0241. The summed E-state index contributed by atoms with van der Waals surface area (Å²) in [5.74, 6) is 0.593. The van der Waals surface area contributed by atoms with Gasteiger partial charge in [0.1, 0.15) is 5.75 Å². The number of nitrogens with one attached hydrogen (secondary N) is 1. The van der Waals surface area contributed by atoms with Crippen molar-refractivity contribution >= 4 is 11.8 Å². The van der Waals surface area contributed by atoms with Gasteiger partial charge in [-0.25, -0.2) is 0 Å². The summed E-state index contributed by atoms with van der Waals surface area (Å²) in [4.78, 5) is 26.7. The number of benzene rings is 2. The molecular weight excluding hydrogens is 366 g/mol. The average molecular weight is 396 g/mol. The number of carbonyl (C=O) groups excluding carboxylic acids is 2. The van der Waals surface area contributed by atoms with E-state index in [9.17, 15) is 9.59 Å².